The van der Waals surface area contributed by atoms with E-state index in [0.29, 0.717) is 0 Å². The van der Waals surface area contributed by atoms with Gasteiger partial charge in [-0.2, -0.15) is 0 Å². The summed E-state index contributed by atoms with van der Waals surface area (Å²) in [5.41, 5.74) is 5.09. The van der Waals surface area contributed by atoms with E-state index in [1.54, 1.807) is 12.4 Å². The SMILES string of the molecule is c1ccc2c(c1)ccc1c3nccnc3c3nc4ccccc4nc3c21. The van der Waals surface area contributed by atoms with Gasteiger partial charge < -0.3 is 0 Å². The number of para-hydroxylation sites is 2. The lowest BCUT2D eigenvalue weighted by atomic mass is 9.99. The van der Waals surface area contributed by atoms with Crippen LogP contribution in [0.2, 0.25) is 0 Å². The molecule has 0 N–H and O–H groups in total. The molecule has 0 saturated heterocycles. The van der Waals surface area contributed by atoms with Crippen molar-refractivity contribution in [1.29, 1.82) is 0 Å². The molecule has 6 rings (SSSR count). The standard InChI is InChI=1S/C22H12N4/c1-2-6-14-13(5-1)9-10-15-18(14)20-22(21-19(15)23-11-12-24-21)26-17-8-4-3-7-16(17)25-20/h1-12H. The molecule has 0 atom stereocenters. The van der Waals surface area contributed by atoms with Crippen LogP contribution in [-0.2, 0) is 0 Å². The van der Waals surface area contributed by atoms with Crippen LogP contribution in [0.5, 0.6) is 0 Å². The molecule has 4 aromatic carbocycles. The Morgan fingerprint density at radius 2 is 1.19 bits per heavy atom. The van der Waals surface area contributed by atoms with E-state index < -0.39 is 0 Å². The molecule has 0 saturated carbocycles. The highest BCUT2D eigenvalue weighted by molar-refractivity contribution is 6.28. The van der Waals surface area contributed by atoms with Gasteiger partial charge in [0.25, 0.3) is 0 Å². The minimum atomic E-state index is 0.795. The molecule has 0 amide bonds. The van der Waals surface area contributed by atoms with Crippen LogP contribution >= 0.6 is 0 Å². The number of hydrogen-bond donors (Lipinski definition) is 0. The Bertz CT molecular complexity index is 1460. The Hall–Kier alpha value is -3.66. The van der Waals surface area contributed by atoms with Crippen LogP contribution in [0.3, 0.4) is 0 Å². The predicted molar refractivity (Wildman–Crippen MR) is 105 cm³/mol. The van der Waals surface area contributed by atoms with E-state index >= 15 is 0 Å². The molecule has 0 bridgehead atoms. The Kier molecular flexibility index (Phi) is 2.58. The Morgan fingerprint density at radius 3 is 2.04 bits per heavy atom. The molecule has 2 heterocycles. The highest BCUT2D eigenvalue weighted by atomic mass is 14.9. The van der Waals surface area contributed by atoms with Crippen LogP contribution in [0, 0.1) is 0 Å². The summed E-state index contributed by atoms with van der Waals surface area (Å²) in [5, 5.41) is 4.49. The molecule has 26 heavy (non-hydrogen) atoms. The van der Waals surface area contributed by atoms with Gasteiger partial charge in [-0.25, -0.2) is 9.97 Å². The Balaban J connectivity index is 2.03. The molecule has 0 aliphatic heterocycles. The quantitative estimate of drug-likeness (QED) is 0.289. The first kappa shape index (κ1) is 13.6. The Morgan fingerprint density at radius 1 is 0.500 bits per heavy atom. The summed E-state index contributed by atoms with van der Waals surface area (Å²) >= 11 is 0. The van der Waals surface area contributed by atoms with Crippen molar-refractivity contribution in [2.45, 2.75) is 0 Å². The van der Waals surface area contributed by atoms with Crippen LogP contribution in [0.15, 0.2) is 73.1 Å². The molecular weight excluding hydrogens is 320 g/mol. The number of benzene rings is 4. The van der Waals surface area contributed by atoms with Gasteiger partial charge in [0.05, 0.1) is 16.6 Å². The van der Waals surface area contributed by atoms with Gasteiger partial charge in [-0.3, -0.25) is 9.97 Å². The first-order chi connectivity index (χ1) is 12.9. The minimum Gasteiger partial charge on any atom is -0.252 e. The van der Waals surface area contributed by atoms with Gasteiger partial charge in [-0.15, -0.1) is 0 Å². The largest absolute Gasteiger partial charge is 0.252 e. The summed E-state index contributed by atoms with van der Waals surface area (Å²) in [6.07, 6.45) is 3.45. The molecule has 0 unspecified atom stereocenters. The van der Waals surface area contributed by atoms with Gasteiger partial charge in [0.15, 0.2) is 0 Å². The van der Waals surface area contributed by atoms with E-state index in [2.05, 4.69) is 46.4 Å². The van der Waals surface area contributed by atoms with E-state index in [0.717, 1.165) is 49.3 Å². The molecule has 0 spiro atoms. The summed E-state index contributed by atoms with van der Waals surface area (Å²) in [7, 11) is 0. The zero-order chi connectivity index (χ0) is 17.1. The molecule has 120 valence electrons. The lowest BCUT2D eigenvalue weighted by Gasteiger charge is -2.11. The Labute approximate surface area is 148 Å². The highest BCUT2D eigenvalue weighted by Gasteiger charge is 2.15. The number of rotatable bonds is 0. The van der Waals surface area contributed by atoms with Crippen molar-refractivity contribution in [3.05, 3.63) is 73.1 Å². The van der Waals surface area contributed by atoms with Crippen LogP contribution < -0.4 is 0 Å². The van der Waals surface area contributed by atoms with E-state index in [1.807, 2.05) is 24.3 Å². The van der Waals surface area contributed by atoms with Crippen molar-refractivity contribution in [3.63, 3.8) is 0 Å². The van der Waals surface area contributed by atoms with Crippen LogP contribution in [0.1, 0.15) is 0 Å². The zero-order valence-corrected chi connectivity index (χ0v) is 13.7. The second-order valence-corrected chi connectivity index (χ2v) is 6.37. The van der Waals surface area contributed by atoms with Crippen molar-refractivity contribution in [3.8, 4) is 0 Å². The van der Waals surface area contributed by atoms with Gasteiger partial charge in [-0.1, -0.05) is 48.5 Å². The third-order valence-electron chi connectivity index (χ3n) is 4.91. The summed E-state index contributed by atoms with van der Waals surface area (Å²) in [6.45, 7) is 0. The normalized spacial score (nSPS) is 11.8. The summed E-state index contributed by atoms with van der Waals surface area (Å²) in [5.74, 6) is 0. The fraction of sp³-hybridized carbons (Fsp3) is 0. The van der Waals surface area contributed by atoms with Gasteiger partial charge in [0.1, 0.15) is 16.6 Å². The van der Waals surface area contributed by atoms with E-state index in [-0.39, 0.29) is 0 Å². The first-order valence-corrected chi connectivity index (χ1v) is 8.51. The molecule has 0 aliphatic rings. The first-order valence-electron chi connectivity index (χ1n) is 8.51. The molecule has 0 aliphatic carbocycles. The molecule has 4 nitrogen and oxygen atoms in total. The molecular formula is C22H12N4. The minimum absolute atomic E-state index is 0.795. The van der Waals surface area contributed by atoms with Gasteiger partial charge in [0.2, 0.25) is 0 Å². The summed E-state index contributed by atoms with van der Waals surface area (Å²) < 4.78 is 0. The molecule has 0 radical (unpaired) electrons. The third kappa shape index (κ3) is 1.73. The highest BCUT2D eigenvalue weighted by Crippen LogP contribution is 2.36. The molecule has 4 heteroatoms. The second kappa shape index (κ2) is 4.92. The predicted octanol–water partition coefficient (Wildman–Crippen LogP) is 5.03. The summed E-state index contributed by atoms with van der Waals surface area (Å²) in [6, 6.07) is 20.6. The van der Waals surface area contributed by atoms with Crippen LogP contribution in [0.4, 0.5) is 0 Å². The third-order valence-corrected chi connectivity index (χ3v) is 4.91. The van der Waals surface area contributed by atoms with E-state index in [9.17, 15) is 0 Å². The zero-order valence-electron chi connectivity index (χ0n) is 13.7. The smallest absolute Gasteiger partial charge is 0.118 e. The monoisotopic (exact) mass is 332 g/mol. The average molecular weight is 332 g/mol. The number of hydrogen-bond acceptors (Lipinski definition) is 4. The average Bonchev–Trinajstić information content (AvgIpc) is 2.72. The second-order valence-electron chi connectivity index (χ2n) is 6.37. The van der Waals surface area contributed by atoms with E-state index in [4.69, 9.17) is 9.97 Å². The fourth-order valence-corrected chi connectivity index (χ4v) is 3.77. The maximum atomic E-state index is 4.98. The lowest BCUT2D eigenvalue weighted by molar-refractivity contribution is 1.30. The maximum Gasteiger partial charge on any atom is 0.118 e. The van der Waals surface area contributed by atoms with Gasteiger partial charge >= 0.3 is 0 Å². The maximum absolute atomic E-state index is 4.98. The van der Waals surface area contributed by atoms with Crippen molar-refractivity contribution in [1.82, 2.24) is 19.9 Å². The lowest BCUT2D eigenvalue weighted by Crippen LogP contribution is -1.94. The van der Waals surface area contributed by atoms with E-state index in [1.165, 1.54) is 5.39 Å². The van der Waals surface area contributed by atoms with Crippen LogP contribution in [-0.4, -0.2) is 19.9 Å². The molecule has 6 aromatic rings. The van der Waals surface area contributed by atoms with Gasteiger partial charge in [0, 0.05) is 23.2 Å². The molecule has 2 aromatic heterocycles. The van der Waals surface area contributed by atoms with Crippen molar-refractivity contribution in [2.75, 3.05) is 0 Å². The fourth-order valence-electron chi connectivity index (χ4n) is 3.77. The number of fused-ring (bicyclic) bond motifs is 9. The van der Waals surface area contributed by atoms with Crippen molar-refractivity contribution >= 4 is 54.6 Å². The van der Waals surface area contributed by atoms with Crippen LogP contribution in [0.25, 0.3) is 54.6 Å². The van der Waals surface area contributed by atoms with Crippen molar-refractivity contribution < 1.29 is 0 Å². The van der Waals surface area contributed by atoms with Crippen molar-refractivity contribution in [2.24, 2.45) is 0 Å². The summed E-state index contributed by atoms with van der Waals surface area (Å²) in [4.78, 5) is 19.1. The molecule has 0 fully saturated rings. The number of aromatic nitrogens is 4. The topological polar surface area (TPSA) is 51.6 Å². The van der Waals surface area contributed by atoms with Gasteiger partial charge in [-0.05, 0) is 22.9 Å². The number of nitrogens with zero attached hydrogens (tertiary/aromatic N) is 4.